The van der Waals surface area contributed by atoms with Crippen LogP contribution in [0.3, 0.4) is 0 Å². The summed E-state index contributed by atoms with van der Waals surface area (Å²) in [5, 5.41) is 10.7. The van der Waals surface area contributed by atoms with Crippen molar-refractivity contribution in [3.8, 4) is 0 Å². The van der Waals surface area contributed by atoms with Crippen molar-refractivity contribution in [2.45, 2.75) is 5.33 Å². The molecule has 0 aliphatic rings. The molecule has 0 spiro atoms. The Morgan fingerprint density at radius 3 is 2.62 bits per heavy atom. The van der Waals surface area contributed by atoms with E-state index in [0.29, 0.717) is 10.0 Å². The van der Waals surface area contributed by atoms with Crippen molar-refractivity contribution in [2.24, 2.45) is 0 Å². The van der Waals surface area contributed by atoms with Crippen LogP contribution in [0.1, 0.15) is 5.56 Å². The van der Waals surface area contributed by atoms with Crippen LogP contribution < -0.4 is 0 Å². The van der Waals surface area contributed by atoms with Gasteiger partial charge in [-0.2, -0.15) is 4.39 Å². The maximum atomic E-state index is 13.1. The van der Waals surface area contributed by atoms with Crippen LogP contribution in [0, 0.1) is 15.9 Å². The molecule has 0 atom stereocenters. The maximum Gasteiger partial charge on any atom is 0.308 e. The molecular formula is C7H4Br2FNO2. The standard InChI is InChI=1S/C7H4Br2FNO2/c8-3-4-1-5(9)2-6(10)7(4)11(12)13/h1-2H,3H2. The van der Waals surface area contributed by atoms with E-state index in [1.165, 1.54) is 6.07 Å². The number of rotatable bonds is 2. The second kappa shape index (κ2) is 4.15. The van der Waals surface area contributed by atoms with E-state index in [2.05, 4.69) is 31.9 Å². The fourth-order valence-corrected chi connectivity index (χ4v) is 1.83. The van der Waals surface area contributed by atoms with Gasteiger partial charge in [0.2, 0.25) is 5.82 Å². The number of nitro benzene ring substituents is 1. The summed E-state index contributed by atoms with van der Waals surface area (Å²) >= 11 is 6.11. The topological polar surface area (TPSA) is 43.1 Å². The van der Waals surface area contributed by atoms with E-state index in [1.54, 1.807) is 0 Å². The highest BCUT2D eigenvalue weighted by molar-refractivity contribution is 9.10. The first kappa shape index (κ1) is 10.6. The molecule has 0 amide bonds. The first-order valence-electron chi connectivity index (χ1n) is 3.24. The molecule has 0 saturated carbocycles. The van der Waals surface area contributed by atoms with E-state index >= 15 is 0 Å². The highest BCUT2D eigenvalue weighted by Gasteiger charge is 2.19. The molecule has 13 heavy (non-hydrogen) atoms. The average Bonchev–Trinajstić information content (AvgIpc) is 2.01. The Labute approximate surface area is 90.3 Å². The Bertz CT molecular complexity index is 357. The van der Waals surface area contributed by atoms with Gasteiger partial charge >= 0.3 is 5.69 Å². The van der Waals surface area contributed by atoms with Gasteiger partial charge in [0.15, 0.2) is 0 Å². The van der Waals surface area contributed by atoms with E-state index in [4.69, 9.17) is 0 Å². The van der Waals surface area contributed by atoms with Crippen LogP contribution in [0.25, 0.3) is 0 Å². The molecule has 0 bridgehead atoms. The highest BCUT2D eigenvalue weighted by Crippen LogP contribution is 2.28. The SMILES string of the molecule is O=[N+]([O-])c1c(F)cc(Br)cc1CBr. The number of benzene rings is 1. The summed E-state index contributed by atoms with van der Waals surface area (Å²) in [4.78, 5) is 9.72. The van der Waals surface area contributed by atoms with Crippen LogP contribution in [-0.2, 0) is 5.33 Å². The zero-order valence-corrected chi connectivity index (χ0v) is 9.43. The maximum absolute atomic E-state index is 13.1. The third kappa shape index (κ3) is 2.25. The van der Waals surface area contributed by atoms with E-state index < -0.39 is 16.4 Å². The van der Waals surface area contributed by atoms with E-state index in [-0.39, 0.29) is 5.33 Å². The van der Waals surface area contributed by atoms with Gasteiger partial charge < -0.3 is 0 Å². The molecule has 70 valence electrons. The van der Waals surface area contributed by atoms with Gasteiger partial charge in [-0.25, -0.2) is 0 Å². The van der Waals surface area contributed by atoms with Crippen LogP contribution >= 0.6 is 31.9 Å². The van der Waals surface area contributed by atoms with Crippen LogP contribution in [-0.4, -0.2) is 4.92 Å². The van der Waals surface area contributed by atoms with Crippen LogP contribution in [0.15, 0.2) is 16.6 Å². The first-order valence-corrected chi connectivity index (χ1v) is 5.16. The lowest BCUT2D eigenvalue weighted by atomic mass is 10.2. The molecule has 1 aromatic rings. The predicted molar refractivity (Wildman–Crippen MR) is 53.4 cm³/mol. The Morgan fingerprint density at radius 2 is 2.15 bits per heavy atom. The summed E-state index contributed by atoms with van der Waals surface area (Å²) in [5.41, 5.74) is -0.156. The van der Waals surface area contributed by atoms with Crippen LogP contribution in [0.2, 0.25) is 0 Å². The second-order valence-corrected chi connectivity index (χ2v) is 3.76. The minimum Gasteiger partial charge on any atom is -0.258 e. The normalized spacial score (nSPS) is 10.1. The number of nitrogens with zero attached hydrogens (tertiary/aromatic N) is 1. The number of halogens is 3. The van der Waals surface area contributed by atoms with Crippen molar-refractivity contribution >= 4 is 37.5 Å². The lowest BCUT2D eigenvalue weighted by Crippen LogP contribution is -1.97. The Morgan fingerprint density at radius 1 is 1.54 bits per heavy atom. The van der Waals surface area contributed by atoms with Gasteiger partial charge in [0, 0.05) is 15.4 Å². The number of alkyl halides is 1. The molecule has 1 aromatic carbocycles. The molecule has 0 unspecified atom stereocenters. The minimum absolute atomic E-state index is 0.250. The van der Waals surface area contributed by atoms with Gasteiger partial charge in [-0.1, -0.05) is 31.9 Å². The lowest BCUT2D eigenvalue weighted by molar-refractivity contribution is -0.388. The third-order valence-corrected chi connectivity index (χ3v) is 2.50. The van der Waals surface area contributed by atoms with Gasteiger partial charge in [-0.15, -0.1) is 0 Å². The Kier molecular flexibility index (Phi) is 3.38. The largest absolute Gasteiger partial charge is 0.308 e. The molecule has 0 aliphatic carbocycles. The molecule has 6 heteroatoms. The van der Waals surface area contributed by atoms with Crippen molar-refractivity contribution in [2.75, 3.05) is 0 Å². The fraction of sp³-hybridized carbons (Fsp3) is 0.143. The zero-order chi connectivity index (χ0) is 10.0. The Hall–Kier alpha value is -0.490. The lowest BCUT2D eigenvalue weighted by Gasteiger charge is -2.00. The quantitative estimate of drug-likeness (QED) is 0.477. The molecule has 1 rings (SSSR count). The van der Waals surface area contributed by atoms with Crippen LogP contribution in [0.4, 0.5) is 10.1 Å². The molecule has 0 saturated heterocycles. The number of hydrogen-bond donors (Lipinski definition) is 0. The number of hydrogen-bond acceptors (Lipinski definition) is 2. The molecular weight excluding hydrogens is 309 g/mol. The molecule has 0 aliphatic heterocycles. The van der Waals surface area contributed by atoms with Crippen molar-refractivity contribution in [1.82, 2.24) is 0 Å². The molecule has 0 aromatic heterocycles. The summed E-state index contributed by atoms with van der Waals surface area (Å²) in [7, 11) is 0. The van der Waals surface area contributed by atoms with E-state index in [0.717, 1.165) is 6.07 Å². The average molecular weight is 313 g/mol. The molecule has 0 N–H and O–H groups in total. The van der Waals surface area contributed by atoms with Crippen LogP contribution in [0.5, 0.6) is 0 Å². The summed E-state index contributed by atoms with van der Waals surface area (Å²) < 4.78 is 13.5. The second-order valence-electron chi connectivity index (χ2n) is 2.29. The molecule has 0 fully saturated rings. The van der Waals surface area contributed by atoms with Crippen molar-refractivity contribution in [3.63, 3.8) is 0 Å². The van der Waals surface area contributed by atoms with Crippen molar-refractivity contribution < 1.29 is 9.31 Å². The third-order valence-electron chi connectivity index (χ3n) is 1.43. The number of nitro groups is 1. The monoisotopic (exact) mass is 311 g/mol. The first-order chi connectivity index (χ1) is 6.06. The fourth-order valence-electron chi connectivity index (χ4n) is 0.926. The smallest absolute Gasteiger partial charge is 0.258 e. The summed E-state index contributed by atoms with van der Waals surface area (Å²) in [6.45, 7) is 0. The summed E-state index contributed by atoms with van der Waals surface area (Å²) in [6.07, 6.45) is 0. The van der Waals surface area contributed by atoms with Gasteiger partial charge in [0.05, 0.1) is 4.92 Å². The van der Waals surface area contributed by atoms with Crippen molar-refractivity contribution in [3.05, 3.63) is 38.1 Å². The summed E-state index contributed by atoms with van der Waals surface area (Å²) in [6, 6.07) is 2.58. The Balaban J connectivity index is 3.38. The molecule has 0 radical (unpaired) electrons. The predicted octanol–water partition coefficient (Wildman–Crippen LogP) is 3.39. The van der Waals surface area contributed by atoms with Gasteiger partial charge in [-0.3, -0.25) is 10.1 Å². The van der Waals surface area contributed by atoms with Gasteiger partial charge in [-0.05, 0) is 12.1 Å². The minimum atomic E-state index is -0.825. The highest BCUT2D eigenvalue weighted by atomic mass is 79.9. The molecule has 0 heterocycles. The molecule has 3 nitrogen and oxygen atoms in total. The summed E-state index contributed by atoms with van der Waals surface area (Å²) in [5.74, 6) is -0.825. The van der Waals surface area contributed by atoms with Gasteiger partial charge in [0.1, 0.15) is 0 Å². The zero-order valence-electron chi connectivity index (χ0n) is 6.26. The van der Waals surface area contributed by atoms with Crippen molar-refractivity contribution in [1.29, 1.82) is 0 Å². The van der Waals surface area contributed by atoms with Gasteiger partial charge in [0.25, 0.3) is 0 Å². The van der Waals surface area contributed by atoms with E-state index in [1.807, 2.05) is 0 Å². The van der Waals surface area contributed by atoms with E-state index in [9.17, 15) is 14.5 Å².